The average molecular weight is 300 g/mol. The standard InChI is InChI=1S/C13H18BrNO2/c1-13(7-4-8-15-13)9-5-6-10(16-2)11(14)12(9)17-3/h5-6,15H,4,7-8H2,1-3H3. The second kappa shape index (κ2) is 4.86. The summed E-state index contributed by atoms with van der Waals surface area (Å²) in [5.74, 6) is 1.66. The zero-order valence-corrected chi connectivity index (χ0v) is 12.1. The SMILES string of the molecule is COc1ccc(C2(C)CCCN2)c(OC)c1Br. The summed E-state index contributed by atoms with van der Waals surface area (Å²) >= 11 is 3.55. The molecule has 0 bridgehead atoms. The normalized spacial score (nSPS) is 23.8. The number of nitrogens with one attached hydrogen (secondary N) is 1. The Morgan fingerprint density at radius 1 is 1.29 bits per heavy atom. The summed E-state index contributed by atoms with van der Waals surface area (Å²) in [6.07, 6.45) is 2.32. The van der Waals surface area contributed by atoms with Crippen LogP contribution in [-0.4, -0.2) is 20.8 Å². The predicted octanol–water partition coefficient (Wildman–Crippen LogP) is 3.06. The highest BCUT2D eigenvalue weighted by Gasteiger charge is 2.33. The summed E-state index contributed by atoms with van der Waals surface area (Å²) in [6.45, 7) is 3.28. The van der Waals surface area contributed by atoms with E-state index in [1.54, 1.807) is 14.2 Å². The molecular formula is C13H18BrNO2. The van der Waals surface area contributed by atoms with Crippen molar-refractivity contribution < 1.29 is 9.47 Å². The van der Waals surface area contributed by atoms with E-state index in [0.717, 1.165) is 28.9 Å². The van der Waals surface area contributed by atoms with E-state index in [-0.39, 0.29) is 5.54 Å². The Labute approximate surface area is 111 Å². The summed E-state index contributed by atoms with van der Waals surface area (Å²) in [4.78, 5) is 0. The number of ether oxygens (including phenoxy) is 2. The average Bonchev–Trinajstić information content (AvgIpc) is 2.77. The molecule has 0 saturated carbocycles. The Kier molecular flexibility index (Phi) is 3.64. The molecule has 1 N–H and O–H groups in total. The maximum atomic E-state index is 5.53. The van der Waals surface area contributed by atoms with E-state index in [1.165, 1.54) is 12.0 Å². The maximum Gasteiger partial charge on any atom is 0.141 e. The lowest BCUT2D eigenvalue weighted by Crippen LogP contribution is -2.33. The lowest BCUT2D eigenvalue weighted by molar-refractivity contribution is 0.360. The van der Waals surface area contributed by atoms with Gasteiger partial charge in [-0.25, -0.2) is 0 Å². The molecule has 2 rings (SSSR count). The lowest BCUT2D eigenvalue weighted by Gasteiger charge is -2.28. The Morgan fingerprint density at radius 3 is 2.59 bits per heavy atom. The van der Waals surface area contributed by atoms with Crippen LogP contribution in [0.1, 0.15) is 25.3 Å². The summed E-state index contributed by atoms with van der Waals surface area (Å²) in [6, 6.07) is 4.06. The number of rotatable bonds is 3. The first kappa shape index (κ1) is 12.7. The number of benzene rings is 1. The highest BCUT2D eigenvalue weighted by Crippen LogP contribution is 2.43. The first-order valence-corrected chi connectivity index (χ1v) is 6.57. The van der Waals surface area contributed by atoms with Crippen LogP contribution in [0.5, 0.6) is 11.5 Å². The van der Waals surface area contributed by atoms with Gasteiger partial charge in [0.1, 0.15) is 16.0 Å². The number of halogens is 1. The first-order chi connectivity index (χ1) is 8.12. The fourth-order valence-electron chi connectivity index (χ4n) is 2.45. The maximum absolute atomic E-state index is 5.53. The third-order valence-electron chi connectivity index (χ3n) is 3.45. The summed E-state index contributed by atoms with van der Waals surface area (Å²) in [7, 11) is 3.36. The summed E-state index contributed by atoms with van der Waals surface area (Å²) in [5.41, 5.74) is 1.19. The molecule has 0 aliphatic carbocycles. The van der Waals surface area contributed by atoms with E-state index in [9.17, 15) is 0 Å². The Morgan fingerprint density at radius 2 is 2.06 bits per heavy atom. The first-order valence-electron chi connectivity index (χ1n) is 5.78. The van der Waals surface area contributed by atoms with Gasteiger partial charge >= 0.3 is 0 Å². The van der Waals surface area contributed by atoms with E-state index in [0.29, 0.717) is 0 Å². The monoisotopic (exact) mass is 299 g/mol. The van der Waals surface area contributed by atoms with Gasteiger partial charge in [-0.15, -0.1) is 0 Å². The van der Waals surface area contributed by atoms with Gasteiger partial charge in [-0.2, -0.15) is 0 Å². The molecule has 4 heteroatoms. The molecule has 0 aromatic heterocycles. The molecule has 1 unspecified atom stereocenters. The van der Waals surface area contributed by atoms with Gasteiger partial charge in [0.2, 0.25) is 0 Å². The second-order valence-electron chi connectivity index (χ2n) is 4.53. The zero-order chi connectivity index (χ0) is 12.5. The molecule has 17 heavy (non-hydrogen) atoms. The number of methoxy groups -OCH3 is 2. The quantitative estimate of drug-likeness (QED) is 0.930. The highest BCUT2D eigenvalue weighted by atomic mass is 79.9. The molecular weight excluding hydrogens is 282 g/mol. The predicted molar refractivity (Wildman–Crippen MR) is 71.8 cm³/mol. The molecule has 0 amide bonds. The highest BCUT2D eigenvalue weighted by molar-refractivity contribution is 9.10. The molecule has 94 valence electrons. The topological polar surface area (TPSA) is 30.5 Å². The molecule has 0 spiro atoms. The smallest absolute Gasteiger partial charge is 0.141 e. The Hall–Kier alpha value is -0.740. The molecule has 1 aromatic carbocycles. The van der Waals surface area contributed by atoms with Crippen molar-refractivity contribution in [1.82, 2.24) is 5.32 Å². The van der Waals surface area contributed by atoms with E-state index in [4.69, 9.17) is 9.47 Å². The third-order valence-corrected chi connectivity index (χ3v) is 4.20. The van der Waals surface area contributed by atoms with Gasteiger partial charge in [-0.1, -0.05) is 0 Å². The van der Waals surface area contributed by atoms with Gasteiger partial charge in [0.25, 0.3) is 0 Å². The van der Waals surface area contributed by atoms with Crippen LogP contribution < -0.4 is 14.8 Å². The van der Waals surface area contributed by atoms with Crippen molar-refractivity contribution in [3.63, 3.8) is 0 Å². The van der Waals surface area contributed by atoms with Crippen molar-refractivity contribution >= 4 is 15.9 Å². The van der Waals surface area contributed by atoms with Crippen molar-refractivity contribution in [1.29, 1.82) is 0 Å². The van der Waals surface area contributed by atoms with Gasteiger partial charge in [0, 0.05) is 11.1 Å². The van der Waals surface area contributed by atoms with Crippen LogP contribution >= 0.6 is 15.9 Å². The van der Waals surface area contributed by atoms with Gasteiger partial charge in [0.15, 0.2) is 0 Å². The van der Waals surface area contributed by atoms with Gasteiger partial charge in [0.05, 0.1) is 14.2 Å². The molecule has 1 aliphatic heterocycles. The molecule has 1 aliphatic rings. The zero-order valence-electron chi connectivity index (χ0n) is 10.5. The molecule has 1 saturated heterocycles. The van der Waals surface area contributed by atoms with Gasteiger partial charge in [-0.3, -0.25) is 0 Å². The van der Waals surface area contributed by atoms with Gasteiger partial charge < -0.3 is 14.8 Å². The van der Waals surface area contributed by atoms with E-state index in [1.807, 2.05) is 6.07 Å². The third kappa shape index (κ3) is 2.16. The van der Waals surface area contributed by atoms with Gasteiger partial charge in [-0.05, 0) is 54.4 Å². The van der Waals surface area contributed by atoms with Crippen LogP contribution in [0.2, 0.25) is 0 Å². The van der Waals surface area contributed by atoms with Crippen molar-refractivity contribution in [2.24, 2.45) is 0 Å². The lowest BCUT2D eigenvalue weighted by atomic mass is 9.89. The fraction of sp³-hybridized carbons (Fsp3) is 0.538. The molecule has 0 radical (unpaired) electrons. The molecule has 1 heterocycles. The fourth-order valence-corrected chi connectivity index (χ4v) is 3.12. The summed E-state index contributed by atoms with van der Waals surface area (Å²) in [5, 5.41) is 3.55. The molecule has 1 aromatic rings. The van der Waals surface area contributed by atoms with Crippen molar-refractivity contribution in [3.05, 3.63) is 22.2 Å². The van der Waals surface area contributed by atoms with Crippen LogP contribution in [0.3, 0.4) is 0 Å². The van der Waals surface area contributed by atoms with Crippen LogP contribution in [0.15, 0.2) is 16.6 Å². The van der Waals surface area contributed by atoms with Crippen LogP contribution in [-0.2, 0) is 5.54 Å². The van der Waals surface area contributed by atoms with Crippen LogP contribution in [0.25, 0.3) is 0 Å². The largest absolute Gasteiger partial charge is 0.495 e. The number of hydrogen-bond acceptors (Lipinski definition) is 3. The minimum absolute atomic E-state index is 0.000134. The minimum atomic E-state index is 0.000134. The van der Waals surface area contributed by atoms with Crippen LogP contribution in [0, 0.1) is 0 Å². The second-order valence-corrected chi connectivity index (χ2v) is 5.32. The van der Waals surface area contributed by atoms with E-state index in [2.05, 4.69) is 34.2 Å². The molecule has 3 nitrogen and oxygen atoms in total. The molecule has 1 atom stereocenters. The van der Waals surface area contributed by atoms with Crippen LogP contribution in [0.4, 0.5) is 0 Å². The Bertz CT molecular complexity index is 414. The molecule has 1 fully saturated rings. The van der Waals surface area contributed by atoms with Crippen molar-refractivity contribution in [3.8, 4) is 11.5 Å². The van der Waals surface area contributed by atoms with E-state index < -0.39 is 0 Å². The van der Waals surface area contributed by atoms with Crippen molar-refractivity contribution in [2.75, 3.05) is 20.8 Å². The van der Waals surface area contributed by atoms with E-state index >= 15 is 0 Å². The minimum Gasteiger partial charge on any atom is -0.495 e. The summed E-state index contributed by atoms with van der Waals surface area (Å²) < 4.78 is 11.7. The Balaban J connectivity index is 2.50. The number of hydrogen-bond donors (Lipinski definition) is 1. The van der Waals surface area contributed by atoms with Crippen molar-refractivity contribution in [2.45, 2.75) is 25.3 Å².